The van der Waals surface area contributed by atoms with Gasteiger partial charge in [-0.25, -0.2) is 0 Å². The molecule has 2 aliphatic heterocycles. The number of allylic oxidation sites excluding steroid dienone is 1. The maximum Gasteiger partial charge on any atom is 0.100 e. The molecule has 0 aromatic heterocycles. The average Bonchev–Trinajstić information content (AvgIpc) is 3.49. The smallest absolute Gasteiger partial charge is 0.100 e. The summed E-state index contributed by atoms with van der Waals surface area (Å²) in [5.41, 5.74) is -0.126. The minimum Gasteiger partial charge on any atom is -0.396 e. The topological polar surface area (TPSA) is 82.5 Å². The molecule has 5 nitrogen and oxygen atoms in total. The Morgan fingerprint density at radius 3 is 2.73 bits per heavy atom. The third-order valence-electron chi connectivity index (χ3n) is 6.42. The molecule has 0 aromatic rings. The van der Waals surface area contributed by atoms with Crippen molar-refractivity contribution >= 4 is 11.8 Å². The summed E-state index contributed by atoms with van der Waals surface area (Å²) in [6.45, 7) is 6.40. The molecular formula is C20H34O5S. The molecule has 1 aliphatic carbocycles. The molecule has 0 amide bonds. The van der Waals surface area contributed by atoms with Crippen LogP contribution in [-0.4, -0.2) is 69.1 Å². The fraction of sp³-hybridized carbons (Fsp3) is 0.900. The van der Waals surface area contributed by atoms with Gasteiger partial charge in [-0.3, -0.25) is 0 Å². The molecular weight excluding hydrogens is 352 g/mol. The molecule has 1 saturated carbocycles. The first-order chi connectivity index (χ1) is 12.3. The lowest BCUT2D eigenvalue weighted by Crippen LogP contribution is -2.62. The standard InChI is InChI=1S/C20H34O5S/c1-12(2)7-8-15-19(3,25-15)17-16(24-4)13(22)9-10-20(17,23)18-14(26-18)6-5-11-21/h7,13-18,21-23H,5-6,8-11H2,1-4H3. The second kappa shape index (κ2) is 7.72. The maximum atomic E-state index is 11.8. The molecule has 3 aliphatic rings. The van der Waals surface area contributed by atoms with Gasteiger partial charge in [0.2, 0.25) is 0 Å². The average molecular weight is 387 g/mol. The van der Waals surface area contributed by atoms with Crippen molar-refractivity contribution in [2.75, 3.05) is 13.7 Å². The number of epoxide rings is 1. The molecule has 150 valence electrons. The van der Waals surface area contributed by atoms with Crippen molar-refractivity contribution in [2.45, 2.75) is 92.9 Å². The van der Waals surface area contributed by atoms with Crippen molar-refractivity contribution in [3.8, 4) is 0 Å². The third kappa shape index (κ3) is 3.74. The van der Waals surface area contributed by atoms with E-state index >= 15 is 0 Å². The summed E-state index contributed by atoms with van der Waals surface area (Å²) in [7, 11) is 1.62. The lowest BCUT2D eigenvalue weighted by atomic mass is 9.64. The summed E-state index contributed by atoms with van der Waals surface area (Å²) in [5, 5.41) is 31.9. The number of methoxy groups -OCH3 is 1. The molecule has 0 radical (unpaired) electrons. The van der Waals surface area contributed by atoms with Crippen LogP contribution in [0.2, 0.25) is 0 Å². The molecule has 3 N–H and O–H groups in total. The second-order valence-corrected chi connectivity index (χ2v) is 9.93. The number of aliphatic hydroxyl groups is 3. The van der Waals surface area contributed by atoms with Gasteiger partial charge in [0.15, 0.2) is 0 Å². The van der Waals surface area contributed by atoms with E-state index in [1.54, 1.807) is 18.9 Å². The van der Waals surface area contributed by atoms with E-state index in [2.05, 4.69) is 26.8 Å². The second-order valence-electron chi connectivity index (χ2n) is 8.54. The molecule has 0 bridgehead atoms. The van der Waals surface area contributed by atoms with Gasteiger partial charge in [-0.05, 0) is 52.9 Å². The van der Waals surface area contributed by atoms with Gasteiger partial charge in [0.25, 0.3) is 0 Å². The van der Waals surface area contributed by atoms with Crippen LogP contribution in [0.5, 0.6) is 0 Å². The molecule has 2 saturated heterocycles. The number of hydrogen-bond donors (Lipinski definition) is 3. The molecule has 6 heteroatoms. The van der Waals surface area contributed by atoms with Crippen LogP contribution in [0.4, 0.5) is 0 Å². The first-order valence-corrected chi connectivity index (χ1v) is 10.7. The van der Waals surface area contributed by atoms with Gasteiger partial charge in [0.1, 0.15) is 5.60 Å². The minimum atomic E-state index is -0.904. The van der Waals surface area contributed by atoms with E-state index in [0.717, 1.165) is 19.3 Å². The van der Waals surface area contributed by atoms with E-state index < -0.39 is 23.4 Å². The Hall–Kier alpha value is -0.110. The summed E-state index contributed by atoms with van der Waals surface area (Å²) in [6, 6.07) is 0. The molecule has 3 rings (SSSR count). The first-order valence-electron chi connectivity index (χ1n) is 9.78. The van der Waals surface area contributed by atoms with E-state index in [-0.39, 0.29) is 23.9 Å². The van der Waals surface area contributed by atoms with Gasteiger partial charge in [-0.1, -0.05) is 11.6 Å². The van der Waals surface area contributed by atoms with Gasteiger partial charge in [-0.2, -0.15) is 0 Å². The zero-order chi connectivity index (χ0) is 19.1. The van der Waals surface area contributed by atoms with Crippen molar-refractivity contribution in [1.82, 2.24) is 0 Å². The van der Waals surface area contributed by atoms with Crippen molar-refractivity contribution in [3.05, 3.63) is 11.6 Å². The van der Waals surface area contributed by atoms with Crippen LogP contribution in [0.25, 0.3) is 0 Å². The molecule has 8 atom stereocenters. The Bertz CT molecular complexity index is 536. The maximum absolute atomic E-state index is 11.8. The molecule has 0 aromatic carbocycles. The monoisotopic (exact) mass is 386 g/mol. The zero-order valence-electron chi connectivity index (χ0n) is 16.4. The highest BCUT2D eigenvalue weighted by molar-refractivity contribution is 8.07. The Balaban J connectivity index is 1.81. The van der Waals surface area contributed by atoms with Crippen LogP contribution < -0.4 is 0 Å². The Kier molecular flexibility index (Phi) is 6.12. The highest BCUT2D eigenvalue weighted by Gasteiger charge is 2.71. The predicted molar refractivity (Wildman–Crippen MR) is 103 cm³/mol. The van der Waals surface area contributed by atoms with E-state index in [1.807, 2.05) is 0 Å². The van der Waals surface area contributed by atoms with Crippen LogP contribution in [0.3, 0.4) is 0 Å². The normalized spacial score (nSPS) is 47.5. The Labute approximate surface area is 161 Å². The minimum absolute atomic E-state index is 0.0523. The Morgan fingerprint density at radius 1 is 1.38 bits per heavy atom. The van der Waals surface area contributed by atoms with Crippen LogP contribution in [0.15, 0.2) is 11.6 Å². The highest BCUT2D eigenvalue weighted by atomic mass is 32.2. The number of thioether (sulfide) groups is 1. The summed E-state index contributed by atoms with van der Waals surface area (Å²) >= 11 is 1.80. The Morgan fingerprint density at radius 2 is 2.12 bits per heavy atom. The summed E-state index contributed by atoms with van der Waals surface area (Å²) in [5.74, 6) is -0.254. The number of ether oxygens (including phenoxy) is 2. The third-order valence-corrected chi connectivity index (χ3v) is 7.99. The summed E-state index contributed by atoms with van der Waals surface area (Å²) in [4.78, 5) is 0. The van der Waals surface area contributed by atoms with E-state index in [9.17, 15) is 10.2 Å². The molecule has 26 heavy (non-hydrogen) atoms. The molecule has 8 unspecified atom stereocenters. The highest BCUT2D eigenvalue weighted by Crippen LogP contribution is 2.62. The quantitative estimate of drug-likeness (QED) is 0.439. The van der Waals surface area contributed by atoms with Gasteiger partial charge >= 0.3 is 0 Å². The van der Waals surface area contributed by atoms with Crippen LogP contribution in [0.1, 0.15) is 52.9 Å². The fourth-order valence-corrected chi connectivity index (χ4v) is 6.37. The number of rotatable bonds is 8. The van der Waals surface area contributed by atoms with Crippen molar-refractivity contribution in [3.63, 3.8) is 0 Å². The van der Waals surface area contributed by atoms with Gasteiger partial charge in [0, 0.05) is 30.1 Å². The predicted octanol–water partition coefficient (Wildman–Crippen LogP) is 2.27. The first kappa shape index (κ1) is 20.6. The van der Waals surface area contributed by atoms with Crippen molar-refractivity contribution in [1.29, 1.82) is 0 Å². The summed E-state index contributed by atoms with van der Waals surface area (Å²) < 4.78 is 11.8. The van der Waals surface area contributed by atoms with Crippen LogP contribution in [0, 0.1) is 5.92 Å². The van der Waals surface area contributed by atoms with E-state index in [4.69, 9.17) is 14.6 Å². The lowest BCUT2D eigenvalue weighted by Gasteiger charge is -2.48. The van der Waals surface area contributed by atoms with Crippen LogP contribution >= 0.6 is 11.8 Å². The van der Waals surface area contributed by atoms with Gasteiger partial charge in [0.05, 0.1) is 23.9 Å². The van der Waals surface area contributed by atoms with E-state index in [1.165, 1.54) is 5.57 Å². The number of hydrogen-bond acceptors (Lipinski definition) is 6. The summed E-state index contributed by atoms with van der Waals surface area (Å²) in [6.07, 6.45) is 4.85. The largest absolute Gasteiger partial charge is 0.396 e. The SMILES string of the molecule is COC1C(O)CCC(O)(C2SC2CCCO)C1C1(C)OC1CC=C(C)C. The molecule has 3 fully saturated rings. The number of aliphatic hydroxyl groups excluding tert-OH is 2. The van der Waals surface area contributed by atoms with Crippen LogP contribution in [-0.2, 0) is 9.47 Å². The van der Waals surface area contributed by atoms with E-state index in [0.29, 0.717) is 18.1 Å². The lowest BCUT2D eigenvalue weighted by molar-refractivity contribution is -0.176. The molecule has 0 spiro atoms. The zero-order valence-corrected chi connectivity index (χ0v) is 17.2. The van der Waals surface area contributed by atoms with Crippen molar-refractivity contribution < 1.29 is 24.8 Å². The van der Waals surface area contributed by atoms with Gasteiger partial charge in [-0.15, -0.1) is 11.8 Å². The molecule has 2 heterocycles. The van der Waals surface area contributed by atoms with Crippen molar-refractivity contribution in [2.24, 2.45) is 5.92 Å². The van der Waals surface area contributed by atoms with Gasteiger partial charge < -0.3 is 24.8 Å². The fourth-order valence-electron chi connectivity index (χ4n) is 4.91.